The molecule has 1 aromatic carbocycles. The van der Waals surface area contributed by atoms with Gasteiger partial charge in [-0.15, -0.1) is 0 Å². The smallest absolute Gasteiger partial charge is 0.133 e. The van der Waals surface area contributed by atoms with E-state index < -0.39 is 0 Å². The van der Waals surface area contributed by atoms with E-state index in [1.165, 1.54) is 32.1 Å². The van der Waals surface area contributed by atoms with Gasteiger partial charge in [0, 0.05) is 0 Å². The van der Waals surface area contributed by atoms with Crippen molar-refractivity contribution in [1.29, 1.82) is 0 Å². The number of rotatable bonds is 4. The van der Waals surface area contributed by atoms with Crippen molar-refractivity contribution < 1.29 is 14.6 Å². The molecule has 1 unspecified atom stereocenters. The minimum Gasteiger partial charge on any atom is -0.490 e. The third-order valence-corrected chi connectivity index (χ3v) is 5.08. The quantitative estimate of drug-likeness (QED) is 0.905. The van der Waals surface area contributed by atoms with Gasteiger partial charge in [-0.1, -0.05) is 18.9 Å². The molecule has 3 rings (SSSR count). The van der Waals surface area contributed by atoms with Crippen molar-refractivity contribution in [3.63, 3.8) is 0 Å². The van der Waals surface area contributed by atoms with Gasteiger partial charge >= 0.3 is 0 Å². The Kier molecular flexibility index (Phi) is 4.34. The normalized spacial score (nSPS) is 24.4. The van der Waals surface area contributed by atoms with E-state index in [1.54, 1.807) is 0 Å². The molecule has 4 heteroatoms. The van der Waals surface area contributed by atoms with E-state index in [-0.39, 0.29) is 18.3 Å². The molecule has 2 aliphatic rings. The molecule has 2 fully saturated rings. The number of halogens is 1. The molecule has 1 saturated carbocycles. The van der Waals surface area contributed by atoms with Gasteiger partial charge < -0.3 is 14.6 Å². The maximum Gasteiger partial charge on any atom is 0.133 e. The molecule has 0 amide bonds. The highest BCUT2D eigenvalue weighted by Gasteiger charge is 2.42. The molecule has 1 atom stereocenters. The SMILES string of the molecule is OCc1ccc(OCC2CCC3(CCCC3)O2)c(Br)c1. The van der Waals surface area contributed by atoms with Crippen LogP contribution in [0, 0.1) is 0 Å². The van der Waals surface area contributed by atoms with Crippen LogP contribution in [0.25, 0.3) is 0 Å². The number of aliphatic hydroxyl groups is 1. The minimum absolute atomic E-state index is 0.0487. The Hall–Kier alpha value is -0.580. The Bertz CT molecular complexity index is 469. The summed E-state index contributed by atoms with van der Waals surface area (Å²) < 4.78 is 13.0. The number of hydrogen-bond acceptors (Lipinski definition) is 3. The lowest BCUT2D eigenvalue weighted by atomic mass is 9.98. The van der Waals surface area contributed by atoms with Crippen LogP contribution in [0.15, 0.2) is 22.7 Å². The summed E-state index contributed by atoms with van der Waals surface area (Å²) in [6, 6.07) is 5.67. The number of aliphatic hydroxyl groups excluding tert-OH is 1. The molecule has 1 saturated heterocycles. The summed E-state index contributed by atoms with van der Waals surface area (Å²) in [7, 11) is 0. The molecule has 1 aliphatic heterocycles. The van der Waals surface area contributed by atoms with Gasteiger partial charge in [-0.05, 0) is 59.3 Å². The van der Waals surface area contributed by atoms with Crippen LogP contribution in [0.1, 0.15) is 44.1 Å². The van der Waals surface area contributed by atoms with Gasteiger partial charge in [-0.2, -0.15) is 0 Å². The average molecular weight is 341 g/mol. The first-order chi connectivity index (χ1) is 9.71. The number of hydrogen-bond donors (Lipinski definition) is 1. The van der Waals surface area contributed by atoms with Crippen LogP contribution in [-0.2, 0) is 11.3 Å². The van der Waals surface area contributed by atoms with Gasteiger partial charge in [0.1, 0.15) is 12.4 Å². The fourth-order valence-corrected chi connectivity index (χ4v) is 3.88. The zero-order chi connectivity index (χ0) is 14.0. The van der Waals surface area contributed by atoms with Crippen molar-refractivity contribution in [2.45, 2.75) is 56.8 Å². The average Bonchev–Trinajstić information content (AvgIpc) is 3.08. The molecular weight excluding hydrogens is 320 g/mol. The lowest BCUT2D eigenvalue weighted by molar-refractivity contribution is -0.0509. The standard InChI is InChI=1S/C16H21BrO3/c17-14-9-12(10-18)3-4-15(14)19-11-13-5-8-16(20-13)6-1-2-7-16/h3-4,9,13,18H,1-2,5-8,10-11H2. The second-order valence-corrected chi connectivity index (χ2v) is 6.76. The summed E-state index contributed by atoms with van der Waals surface area (Å²) in [4.78, 5) is 0. The van der Waals surface area contributed by atoms with Crippen molar-refractivity contribution in [3.05, 3.63) is 28.2 Å². The maximum absolute atomic E-state index is 9.09. The first-order valence-electron chi connectivity index (χ1n) is 7.41. The van der Waals surface area contributed by atoms with E-state index in [1.807, 2.05) is 18.2 Å². The van der Waals surface area contributed by atoms with E-state index in [9.17, 15) is 0 Å². The summed E-state index contributed by atoms with van der Waals surface area (Å²) in [6.07, 6.45) is 7.57. The molecule has 0 radical (unpaired) electrons. The molecule has 1 spiro atoms. The lowest BCUT2D eigenvalue weighted by Crippen LogP contribution is -2.27. The van der Waals surface area contributed by atoms with Gasteiger partial charge in [-0.25, -0.2) is 0 Å². The van der Waals surface area contributed by atoms with Crippen LogP contribution in [0.2, 0.25) is 0 Å². The number of ether oxygens (including phenoxy) is 2. The molecule has 3 nitrogen and oxygen atoms in total. The molecule has 1 aliphatic carbocycles. The molecule has 0 aromatic heterocycles. The fraction of sp³-hybridized carbons (Fsp3) is 0.625. The predicted octanol–water partition coefficient (Wildman–Crippen LogP) is 3.81. The fourth-order valence-electron chi connectivity index (χ4n) is 3.34. The zero-order valence-electron chi connectivity index (χ0n) is 11.6. The summed E-state index contributed by atoms with van der Waals surface area (Å²) >= 11 is 3.48. The third-order valence-electron chi connectivity index (χ3n) is 4.46. The summed E-state index contributed by atoms with van der Waals surface area (Å²) in [6.45, 7) is 0.659. The van der Waals surface area contributed by atoms with E-state index in [0.29, 0.717) is 6.61 Å². The molecule has 110 valence electrons. The van der Waals surface area contributed by atoms with Crippen LogP contribution in [-0.4, -0.2) is 23.4 Å². The van der Waals surface area contributed by atoms with Crippen LogP contribution in [0.3, 0.4) is 0 Å². The molecule has 20 heavy (non-hydrogen) atoms. The van der Waals surface area contributed by atoms with Gasteiger partial charge in [0.05, 0.1) is 22.8 Å². The van der Waals surface area contributed by atoms with Crippen molar-refractivity contribution in [1.82, 2.24) is 0 Å². The molecule has 1 heterocycles. The minimum atomic E-state index is 0.0487. The van der Waals surface area contributed by atoms with E-state index in [4.69, 9.17) is 14.6 Å². The highest BCUT2D eigenvalue weighted by molar-refractivity contribution is 9.10. The molecule has 0 bridgehead atoms. The second kappa shape index (κ2) is 6.04. The first-order valence-corrected chi connectivity index (χ1v) is 8.20. The first kappa shape index (κ1) is 14.4. The van der Waals surface area contributed by atoms with Crippen LogP contribution >= 0.6 is 15.9 Å². The van der Waals surface area contributed by atoms with E-state index in [2.05, 4.69) is 15.9 Å². The topological polar surface area (TPSA) is 38.7 Å². The monoisotopic (exact) mass is 340 g/mol. The summed E-state index contributed by atoms with van der Waals surface area (Å²) in [5.74, 6) is 0.818. The summed E-state index contributed by atoms with van der Waals surface area (Å²) in [5, 5.41) is 9.09. The van der Waals surface area contributed by atoms with E-state index in [0.717, 1.165) is 22.2 Å². The van der Waals surface area contributed by atoms with Crippen molar-refractivity contribution in [2.24, 2.45) is 0 Å². The highest BCUT2D eigenvalue weighted by Crippen LogP contribution is 2.43. The van der Waals surface area contributed by atoms with Gasteiger partial charge in [0.2, 0.25) is 0 Å². The lowest BCUT2D eigenvalue weighted by Gasteiger charge is -2.23. The van der Waals surface area contributed by atoms with Crippen LogP contribution in [0.5, 0.6) is 5.75 Å². The van der Waals surface area contributed by atoms with Crippen LogP contribution in [0.4, 0.5) is 0 Å². The van der Waals surface area contributed by atoms with Gasteiger partial charge in [0.15, 0.2) is 0 Å². The third kappa shape index (κ3) is 3.02. The van der Waals surface area contributed by atoms with Gasteiger partial charge in [-0.3, -0.25) is 0 Å². The Morgan fingerprint density at radius 3 is 2.80 bits per heavy atom. The molecule has 1 aromatic rings. The molecule has 1 N–H and O–H groups in total. The van der Waals surface area contributed by atoms with Crippen molar-refractivity contribution in [3.8, 4) is 5.75 Å². The zero-order valence-corrected chi connectivity index (χ0v) is 13.2. The Balaban J connectivity index is 1.55. The largest absolute Gasteiger partial charge is 0.490 e. The second-order valence-electron chi connectivity index (χ2n) is 5.90. The molecular formula is C16H21BrO3. The van der Waals surface area contributed by atoms with E-state index >= 15 is 0 Å². The number of benzene rings is 1. The Morgan fingerprint density at radius 1 is 1.30 bits per heavy atom. The van der Waals surface area contributed by atoms with Crippen molar-refractivity contribution in [2.75, 3.05) is 6.61 Å². The maximum atomic E-state index is 9.09. The highest BCUT2D eigenvalue weighted by atomic mass is 79.9. The Labute approximate surface area is 128 Å². The van der Waals surface area contributed by atoms with Gasteiger partial charge in [0.25, 0.3) is 0 Å². The van der Waals surface area contributed by atoms with Crippen molar-refractivity contribution >= 4 is 15.9 Å². The summed E-state index contributed by atoms with van der Waals surface area (Å²) in [5.41, 5.74) is 1.05. The predicted molar refractivity (Wildman–Crippen MR) is 80.9 cm³/mol. The Morgan fingerprint density at radius 2 is 2.10 bits per heavy atom. The van der Waals surface area contributed by atoms with Crippen LogP contribution < -0.4 is 4.74 Å².